The van der Waals surface area contributed by atoms with Crippen LogP contribution in [-0.4, -0.2) is 21.0 Å². The van der Waals surface area contributed by atoms with Crippen LogP contribution in [0.4, 0.5) is 10.5 Å². The van der Waals surface area contributed by atoms with E-state index in [1.165, 1.54) is 24.3 Å². The Morgan fingerprint density at radius 1 is 1.09 bits per heavy atom. The van der Waals surface area contributed by atoms with E-state index in [-0.39, 0.29) is 10.9 Å². The number of hydrogen-bond donors (Lipinski definition) is 3. The van der Waals surface area contributed by atoms with Crippen LogP contribution in [0.5, 0.6) is 0 Å². The molecule has 0 bridgehead atoms. The molecule has 2 rings (SSSR count). The number of urea groups is 1. The van der Waals surface area contributed by atoms with Crippen LogP contribution in [0.25, 0.3) is 0 Å². The second-order valence-corrected chi connectivity index (χ2v) is 7.21. The standard InChI is InChI=1S/C15H16BrN3O3S/c16-14-4-2-1-3-11(14)9-10-18-15(20)19-12-5-7-13(8-6-12)23(17,21)22/h1-8H,9-10H2,(H2,17,21,22)(H2,18,19,20). The molecule has 0 unspecified atom stereocenters. The highest BCUT2D eigenvalue weighted by Crippen LogP contribution is 2.16. The maximum absolute atomic E-state index is 11.8. The minimum absolute atomic E-state index is 0.00242. The molecule has 4 N–H and O–H groups in total. The molecule has 0 aromatic heterocycles. The van der Waals surface area contributed by atoms with Gasteiger partial charge in [-0.15, -0.1) is 0 Å². The van der Waals surface area contributed by atoms with Crippen LogP contribution in [0.2, 0.25) is 0 Å². The van der Waals surface area contributed by atoms with Crippen molar-refractivity contribution in [2.45, 2.75) is 11.3 Å². The molecule has 2 amide bonds. The highest BCUT2D eigenvalue weighted by Gasteiger charge is 2.08. The fraction of sp³-hybridized carbons (Fsp3) is 0.133. The topological polar surface area (TPSA) is 101 Å². The molecule has 0 saturated carbocycles. The van der Waals surface area contributed by atoms with Crippen molar-refractivity contribution >= 4 is 37.7 Å². The van der Waals surface area contributed by atoms with E-state index in [1.54, 1.807) is 0 Å². The lowest BCUT2D eigenvalue weighted by Gasteiger charge is -2.09. The molecule has 23 heavy (non-hydrogen) atoms. The van der Waals surface area contributed by atoms with Gasteiger partial charge in [0.2, 0.25) is 10.0 Å². The summed E-state index contributed by atoms with van der Waals surface area (Å²) in [5.41, 5.74) is 1.58. The third kappa shape index (κ3) is 5.34. The first kappa shape index (κ1) is 17.5. The zero-order chi connectivity index (χ0) is 16.9. The van der Waals surface area contributed by atoms with E-state index >= 15 is 0 Å². The van der Waals surface area contributed by atoms with Gasteiger partial charge < -0.3 is 10.6 Å². The van der Waals surface area contributed by atoms with E-state index in [4.69, 9.17) is 5.14 Å². The number of benzene rings is 2. The van der Waals surface area contributed by atoms with E-state index < -0.39 is 10.0 Å². The molecular formula is C15H16BrN3O3S. The van der Waals surface area contributed by atoms with Gasteiger partial charge in [0.15, 0.2) is 0 Å². The average molecular weight is 398 g/mol. The molecule has 6 nitrogen and oxygen atoms in total. The number of amides is 2. The number of carbonyl (C=O) groups excluding carboxylic acids is 1. The van der Waals surface area contributed by atoms with Crippen molar-refractivity contribution in [1.29, 1.82) is 0 Å². The number of carbonyl (C=O) groups is 1. The van der Waals surface area contributed by atoms with Gasteiger partial charge >= 0.3 is 6.03 Å². The number of nitrogens with one attached hydrogen (secondary N) is 2. The van der Waals surface area contributed by atoms with Gasteiger partial charge in [-0.05, 0) is 42.3 Å². The molecular weight excluding hydrogens is 382 g/mol. The van der Waals surface area contributed by atoms with Crippen LogP contribution in [0.3, 0.4) is 0 Å². The van der Waals surface area contributed by atoms with Crippen molar-refractivity contribution in [1.82, 2.24) is 5.32 Å². The molecule has 0 atom stereocenters. The molecule has 0 fully saturated rings. The molecule has 122 valence electrons. The number of rotatable bonds is 5. The number of primary sulfonamides is 1. The van der Waals surface area contributed by atoms with Crippen LogP contribution in [-0.2, 0) is 16.4 Å². The van der Waals surface area contributed by atoms with E-state index in [1.807, 2.05) is 24.3 Å². The smallest absolute Gasteiger partial charge is 0.319 e. The Balaban J connectivity index is 1.84. The Bertz CT molecular complexity index is 792. The maximum Gasteiger partial charge on any atom is 0.319 e. The molecule has 0 radical (unpaired) electrons. The summed E-state index contributed by atoms with van der Waals surface area (Å²) in [6.45, 7) is 0.476. The summed E-state index contributed by atoms with van der Waals surface area (Å²) in [6, 6.07) is 13.1. The second-order valence-electron chi connectivity index (χ2n) is 4.79. The molecule has 0 saturated heterocycles. The van der Waals surface area contributed by atoms with Crippen molar-refractivity contribution in [3.63, 3.8) is 0 Å². The molecule has 0 spiro atoms. The minimum atomic E-state index is -3.73. The largest absolute Gasteiger partial charge is 0.338 e. The van der Waals surface area contributed by atoms with Gasteiger partial charge in [0.25, 0.3) is 0 Å². The highest BCUT2D eigenvalue weighted by molar-refractivity contribution is 9.10. The van der Waals surface area contributed by atoms with Crippen molar-refractivity contribution in [2.75, 3.05) is 11.9 Å². The van der Waals surface area contributed by atoms with Gasteiger partial charge in [0.05, 0.1) is 4.90 Å². The molecule has 0 aliphatic carbocycles. The molecule has 8 heteroatoms. The predicted octanol–water partition coefficient (Wildman–Crippen LogP) is 2.46. The number of halogens is 1. The number of anilines is 1. The van der Waals surface area contributed by atoms with Gasteiger partial charge in [-0.25, -0.2) is 18.4 Å². The van der Waals surface area contributed by atoms with E-state index in [2.05, 4.69) is 26.6 Å². The Morgan fingerprint density at radius 2 is 1.74 bits per heavy atom. The summed E-state index contributed by atoms with van der Waals surface area (Å²) in [6.07, 6.45) is 0.694. The summed E-state index contributed by atoms with van der Waals surface area (Å²) in [7, 11) is -3.73. The van der Waals surface area contributed by atoms with Gasteiger partial charge in [-0.2, -0.15) is 0 Å². The molecule has 0 heterocycles. The van der Waals surface area contributed by atoms with Crippen molar-refractivity contribution in [3.05, 3.63) is 58.6 Å². The molecule has 0 aliphatic heterocycles. The van der Waals surface area contributed by atoms with E-state index in [0.717, 1.165) is 10.0 Å². The second kappa shape index (κ2) is 7.58. The zero-order valence-corrected chi connectivity index (χ0v) is 14.5. The maximum atomic E-state index is 11.8. The fourth-order valence-electron chi connectivity index (χ4n) is 1.92. The summed E-state index contributed by atoms with van der Waals surface area (Å²) in [5, 5.41) is 10.4. The van der Waals surface area contributed by atoms with Crippen molar-refractivity contribution in [3.8, 4) is 0 Å². The van der Waals surface area contributed by atoms with Crippen LogP contribution in [0.1, 0.15) is 5.56 Å². The summed E-state index contributed by atoms with van der Waals surface area (Å²) in [5.74, 6) is 0. The fourth-order valence-corrected chi connectivity index (χ4v) is 2.91. The van der Waals surface area contributed by atoms with Gasteiger partial charge in [-0.3, -0.25) is 0 Å². The van der Waals surface area contributed by atoms with Gasteiger partial charge in [0, 0.05) is 16.7 Å². The van der Waals surface area contributed by atoms with Crippen LogP contribution < -0.4 is 15.8 Å². The monoisotopic (exact) mass is 397 g/mol. The summed E-state index contributed by atoms with van der Waals surface area (Å²) >= 11 is 3.45. The van der Waals surface area contributed by atoms with Crippen LogP contribution >= 0.6 is 15.9 Å². The first-order chi connectivity index (χ1) is 10.9. The Labute approximate surface area is 143 Å². The molecule has 0 aliphatic rings. The Hall–Kier alpha value is -1.90. The number of nitrogens with two attached hydrogens (primary N) is 1. The predicted molar refractivity (Wildman–Crippen MR) is 92.7 cm³/mol. The first-order valence-corrected chi connectivity index (χ1v) is 9.11. The lowest BCUT2D eigenvalue weighted by Crippen LogP contribution is -2.30. The van der Waals surface area contributed by atoms with Crippen LogP contribution in [0.15, 0.2) is 57.9 Å². The lowest BCUT2D eigenvalue weighted by atomic mass is 10.1. The van der Waals surface area contributed by atoms with E-state index in [0.29, 0.717) is 18.7 Å². The molecule has 2 aromatic carbocycles. The van der Waals surface area contributed by atoms with Gasteiger partial charge in [-0.1, -0.05) is 34.1 Å². The molecule has 2 aromatic rings. The third-order valence-corrected chi connectivity index (χ3v) is 4.78. The lowest BCUT2D eigenvalue weighted by molar-refractivity contribution is 0.252. The summed E-state index contributed by atoms with van der Waals surface area (Å²) in [4.78, 5) is 11.8. The van der Waals surface area contributed by atoms with E-state index in [9.17, 15) is 13.2 Å². The third-order valence-electron chi connectivity index (χ3n) is 3.08. The minimum Gasteiger partial charge on any atom is -0.338 e. The number of hydrogen-bond acceptors (Lipinski definition) is 3. The first-order valence-electron chi connectivity index (χ1n) is 6.77. The summed E-state index contributed by atoms with van der Waals surface area (Å²) < 4.78 is 23.3. The van der Waals surface area contributed by atoms with Gasteiger partial charge in [0.1, 0.15) is 0 Å². The normalized spacial score (nSPS) is 11.0. The number of sulfonamides is 1. The SMILES string of the molecule is NS(=O)(=O)c1ccc(NC(=O)NCCc2ccccc2Br)cc1. The quantitative estimate of drug-likeness (QED) is 0.721. The zero-order valence-electron chi connectivity index (χ0n) is 12.1. The Kier molecular flexibility index (Phi) is 5.75. The average Bonchev–Trinajstić information content (AvgIpc) is 2.49. The Morgan fingerprint density at radius 3 is 2.35 bits per heavy atom. The van der Waals surface area contributed by atoms with Crippen molar-refractivity contribution in [2.24, 2.45) is 5.14 Å². The van der Waals surface area contributed by atoms with Crippen molar-refractivity contribution < 1.29 is 13.2 Å². The highest BCUT2D eigenvalue weighted by atomic mass is 79.9. The van der Waals surface area contributed by atoms with Crippen LogP contribution in [0, 0.1) is 0 Å².